The molecular formula is C15H23NO. The minimum atomic E-state index is 0.198. The lowest BCUT2D eigenvalue weighted by atomic mass is 9.87. The van der Waals surface area contributed by atoms with Crippen LogP contribution in [0.1, 0.15) is 38.8 Å². The molecule has 1 aromatic carbocycles. The third kappa shape index (κ3) is 4.70. The van der Waals surface area contributed by atoms with Gasteiger partial charge in [0.25, 0.3) is 0 Å². The number of nitrogens with zero attached hydrogens (tertiary/aromatic N) is 1. The molecular weight excluding hydrogens is 210 g/mol. The van der Waals surface area contributed by atoms with Crippen LogP contribution in [0.25, 0.3) is 0 Å². The topological polar surface area (TPSA) is 20.3 Å². The van der Waals surface area contributed by atoms with Gasteiger partial charge in [-0.05, 0) is 30.5 Å². The Morgan fingerprint density at radius 1 is 1.18 bits per heavy atom. The maximum absolute atomic E-state index is 11.0. The monoisotopic (exact) mass is 233 g/mol. The van der Waals surface area contributed by atoms with Gasteiger partial charge in [-0.15, -0.1) is 0 Å². The average molecular weight is 233 g/mol. The lowest BCUT2D eigenvalue weighted by Crippen LogP contribution is -2.23. The molecule has 0 aliphatic heterocycles. The van der Waals surface area contributed by atoms with Crippen molar-refractivity contribution >= 4 is 5.78 Å². The number of ketones is 1. The van der Waals surface area contributed by atoms with Crippen LogP contribution in [0.15, 0.2) is 24.3 Å². The zero-order chi connectivity index (χ0) is 13.1. The van der Waals surface area contributed by atoms with E-state index in [2.05, 4.69) is 45.0 Å². The van der Waals surface area contributed by atoms with Crippen molar-refractivity contribution < 1.29 is 4.79 Å². The van der Waals surface area contributed by atoms with Gasteiger partial charge >= 0.3 is 0 Å². The summed E-state index contributed by atoms with van der Waals surface area (Å²) in [5.74, 6) is 0.207. The Morgan fingerprint density at radius 2 is 1.71 bits per heavy atom. The van der Waals surface area contributed by atoms with Crippen molar-refractivity contribution in [1.29, 1.82) is 0 Å². The number of carbonyl (C=O) groups excluding carboxylic acids is 1. The highest BCUT2D eigenvalue weighted by Crippen LogP contribution is 2.22. The summed E-state index contributed by atoms with van der Waals surface area (Å²) in [5, 5.41) is 0. The van der Waals surface area contributed by atoms with Crippen LogP contribution in [0.2, 0.25) is 0 Å². The maximum atomic E-state index is 11.0. The molecule has 0 amide bonds. The first kappa shape index (κ1) is 13.9. The highest BCUT2D eigenvalue weighted by molar-refractivity contribution is 5.77. The largest absolute Gasteiger partial charge is 0.299 e. The molecule has 0 unspecified atom stereocenters. The van der Waals surface area contributed by atoms with E-state index in [0.29, 0.717) is 6.54 Å². The van der Waals surface area contributed by atoms with Crippen molar-refractivity contribution in [2.45, 2.75) is 39.7 Å². The van der Waals surface area contributed by atoms with Crippen molar-refractivity contribution in [1.82, 2.24) is 4.90 Å². The van der Waals surface area contributed by atoms with E-state index >= 15 is 0 Å². The Balaban J connectivity index is 2.66. The van der Waals surface area contributed by atoms with Gasteiger partial charge in [0.05, 0.1) is 6.54 Å². The minimum Gasteiger partial charge on any atom is -0.299 e. The molecule has 0 bridgehead atoms. The van der Waals surface area contributed by atoms with E-state index in [1.807, 2.05) is 11.9 Å². The number of benzene rings is 1. The molecule has 1 aromatic rings. The summed E-state index contributed by atoms with van der Waals surface area (Å²) in [6.45, 7) is 9.60. The summed E-state index contributed by atoms with van der Waals surface area (Å²) in [6.07, 6.45) is 0. The van der Waals surface area contributed by atoms with E-state index in [1.54, 1.807) is 6.92 Å². The smallest absolute Gasteiger partial charge is 0.143 e. The third-order valence-electron chi connectivity index (χ3n) is 2.77. The highest BCUT2D eigenvalue weighted by Gasteiger charge is 2.13. The molecule has 0 saturated carbocycles. The van der Waals surface area contributed by atoms with E-state index in [-0.39, 0.29) is 11.2 Å². The summed E-state index contributed by atoms with van der Waals surface area (Å²) in [5.41, 5.74) is 2.79. The molecule has 0 radical (unpaired) electrons. The fourth-order valence-electron chi connectivity index (χ4n) is 1.86. The number of likely N-dealkylation sites (N-methyl/N-ethyl adjacent to an activating group) is 1. The zero-order valence-electron chi connectivity index (χ0n) is 11.6. The lowest BCUT2D eigenvalue weighted by Gasteiger charge is -2.20. The van der Waals surface area contributed by atoms with Crippen molar-refractivity contribution in [3.05, 3.63) is 35.4 Å². The normalized spacial score (nSPS) is 11.9. The molecule has 2 nitrogen and oxygen atoms in total. The maximum Gasteiger partial charge on any atom is 0.143 e. The molecule has 0 N–H and O–H groups in total. The second kappa shape index (κ2) is 5.46. The first-order chi connectivity index (χ1) is 7.79. The molecule has 0 atom stereocenters. The highest BCUT2D eigenvalue weighted by atomic mass is 16.1. The van der Waals surface area contributed by atoms with Crippen molar-refractivity contribution in [2.24, 2.45) is 0 Å². The number of carbonyl (C=O) groups is 1. The molecule has 0 aromatic heterocycles. The van der Waals surface area contributed by atoms with Crippen molar-refractivity contribution in [2.75, 3.05) is 13.6 Å². The van der Waals surface area contributed by atoms with Gasteiger partial charge in [0.2, 0.25) is 0 Å². The molecule has 1 rings (SSSR count). The molecule has 0 aliphatic rings. The van der Waals surface area contributed by atoms with Crippen molar-refractivity contribution in [3.8, 4) is 0 Å². The second-order valence-corrected chi connectivity index (χ2v) is 5.82. The molecule has 17 heavy (non-hydrogen) atoms. The van der Waals surface area contributed by atoms with E-state index in [4.69, 9.17) is 0 Å². The molecule has 2 heteroatoms. The van der Waals surface area contributed by atoms with Crippen LogP contribution in [0, 0.1) is 0 Å². The Kier molecular flexibility index (Phi) is 4.47. The second-order valence-electron chi connectivity index (χ2n) is 5.82. The zero-order valence-corrected chi connectivity index (χ0v) is 11.6. The number of rotatable bonds is 4. The molecule has 0 spiro atoms. The van der Waals surface area contributed by atoms with E-state index in [9.17, 15) is 4.79 Å². The number of hydrogen-bond acceptors (Lipinski definition) is 2. The summed E-state index contributed by atoms with van der Waals surface area (Å²) >= 11 is 0. The van der Waals surface area contributed by atoms with Crippen LogP contribution >= 0.6 is 0 Å². The summed E-state index contributed by atoms with van der Waals surface area (Å²) in [4.78, 5) is 13.0. The fraction of sp³-hybridized carbons (Fsp3) is 0.533. The molecule has 0 heterocycles. The quantitative estimate of drug-likeness (QED) is 0.796. The summed E-state index contributed by atoms with van der Waals surface area (Å²) in [7, 11) is 1.97. The van der Waals surface area contributed by atoms with E-state index in [0.717, 1.165) is 6.54 Å². The Morgan fingerprint density at radius 3 is 2.12 bits per heavy atom. The average Bonchev–Trinajstić information content (AvgIpc) is 2.15. The molecule has 0 fully saturated rings. The van der Waals surface area contributed by atoms with Crippen LogP contribution in [-0.4, -0.2) is 24.3 Å². The summed E-state index contributed by atoms with van der Waals surface area (Å²) in [6, 6.07) is 8.66. The van der Waals surface area contributed by atoms with E-state index in [1.165, 1.54) is 11.1 Å². The van der Waals surface area contributed by atoms with Crippen LogP contribution < -0.4 is 0 Å². The van der Waals surface area contributed by atoms with Gasteiger partial charge < -0.3 is 0 Å². The SMILES string of the molecule is CC(=O)CN(C)Cc1ccc(C(C)(C)C)cc1. The molecule has 0 aliphatic carbocycles. The van der Waals surface area contributed by atoms with Gasteiger partial charge in [0, 0.05) is 6.54 Å². The summed E-state index contributed by atoms with van der Waals surface area (Å²) < 4.78 is 0. The predicted molar refractivity (Wildman–Crippen MR) is 72.2 cm³/mol. The third-order valence-corrected chi connectivity index (χ3v) is 2.77. The standard InChI is InChI=1S/C15H23NO/c1-12(17)10-16(5)11-13-6-8-14(9-7-13)15(2,3)4/h6-9H,10-11H2,1-5H3. The first-order valence-electron chi connectivity index (χ1n) is 6.06. The van der Waals surface area contributed by atoms with Gasteiger partial charge in [-0.1, -0.05) is 45.0 Å². The van der Waals surface area contributed by atoms with Crippen molar-refractivity contribution in [3.63, 3.8) is 0 Å². The van der Waals surface area contributed by atoms with Crippen LogP contribution in [0.3, 0.4) is 0 Å². The Hall–Kier alpha value is -1.15. The Bertz CT molecular complexity index is 373. The first-order valence-corrected chi connectivity index (χ1v) is 6.06. The number of Topliss-reactive ketones (excluding diaryl/α,β-unsaturated/α-hetero) is 1. The van der Waals surface area contributed by atoms with Crippen LogP contribution in [-0.2, 0) is 16.8 Å². The lowest BCUT2D eigenvalue weighted by molar-refractivity contribution is -0.117. The van der Waals surface area contributed by atoms with Gasteiger partial charge in [-0.3, -0.25) is 9.69 Å². The van der Waals surface area contributed by atoms with E-state index < -0.39 is 0 Å². The molecule has 94 valence electrons. The van der Waals surface area contributed by atoms with Crippen LogP contribution in [0.5, 0.6) is 0 Å². The number of hydrogen-bond donors (Lipinski definition) is 0. The van der Waals surface area contributed by atoms with Gasteiger partial charge in [0.1, 0.15) is 5.78 Å². The Labute approximate surface area is 105 Å². The molecule has 0 saturated heterocycles. The predicted octanol–water partition coefficient (Wildman–Crippen LogP) is 3.00. The van der Waals surface area contributed by atoms with Gasteiger partial charge in [0.15, 0.2) is 0 Å². The van der Waals surface area contributed by atoms with Gasteiger partial charge in [-0.2, -0.15) is 0 Å². The van der Waals surface area contributed by atoms with Crippen LogP contribution in [0.4, 0.5) is 0 Å². The van der Waals surface area contributed by atoms with Gasteiger partial charge in [-0.25, -0.2) is 0 Å². The fourth-order valence-corrected chi connectivity index (χ4v) is 1.86. The minimum absolute atomic E-state index is 0.198.